The first-order chi connectivity index (χ1) is 18.3. The second-order valence-electron chi connectivity index (χ2n) is 9.85. The van der Waals surface area contributed by atoms with Gasteiger partial charge >= 0.3 is 0 Å². The highest BCUT2D eigenvalue weighted by Gasteiger charge is 2.27. The fraction of sp³-hybridized carbons (Fsp3) is 0.520. The molecule has 0 N–H and O–H groups in total. The third kappa shape index (κ3) is 4.53. The van der Waals surface area contributed by atoms with Gasteiger partial charge in [0.2, 0.25) is 16.0 Å². The van der Waals surface area contributed by atoms with Crippen LogP contribution in [0.1, 0.15) is 18.6 Å². The number of aromatic nitrogens is 6. The number of aryl methyl sites for hydroxylation is 2. The van der Waals surface area contributed by atoms with Crippen molar-refractivity contribution in [3.05, 3.63) is 35.9 Å². The third-order valence-electron chi connectivity index (χ3n) is 7.40. The highest BCUT2D eigenvalue weighted by Crippen LogP contribution is 2.29. The van der Waals surface area contributed by atoms with Gasteiger partial charge in [-0.1, -0.05) is 19.1 Å². The average molecular weight is 540 g/mol. The summed E-state index contributed by atoms with van der Waals surface area (Å²) in [5.74, 6) is 3.17. The van der Waals surface area contributed by atoms with Crippen molar-refractivity contribution in [2.75, 3.05) is 63.6 Å². The summed E-state index contributed by atoms with van der Waals surface area (Å²) in [4.78, 5) is 24.5. The van der Waals surface area contributed by atoms with Crippen molar-refractivity contribution in [3.8, 4) is 5.95 Å². The summed E-state index contributed by atoms with van der Waals surface area (Å²) in [6.45, 7) is 7.72. The predicted molar refractivity (Wildman–Crippen MR) is 145 cm³/mol. The Morgan fingerprint density at radius 1 is 0.921 bits per heavy atom. The summed E-state index contributed by atoms with van der Waals surface area (Å²) in [6.07, 6.45) is 2.02. The summed E-state index contributed by atoms with van der Waals surface area (Å²) in [6, 6.07) is 8.06. The van der Waals surface area contributed by atoms with E-state index in [1.807, 2.05) is 35.9 Å². The molecule has 0 radical (unpaired) electrons. The van der Waals surface area contributed by atoms with Crippen molar-refractivity contribution in [2.24, 2.45) is 7.05 Å². The molecule has 4 aromatic rings. The number of imidazole rings is 2. The quantitative estimate of drug-likeness (QED) is 0.356. The van der Waals surface area contributed by atoms with Crippen molar-refractivity contribution in [2.45, 2.75) is 19.9 Å². The average Bonchev–Trinajstić information content (AvgIpc) is 3.46. The summed E-state index contributed by atoms with van der Waals surface area (Å²) in [5, 5.41) is 0. The fourth-order valence-corrected chi connectivity index (χ4v) is 6.10. The molecule has 2 fully saturated rings. The molecule has 0 amide bonds. The van der Waals surface area contributed by atoms with Gasteiger partial charge in [0.1, 0.15) is 11.6 Å². The SMILES string of the molecule is CCc1nc2ccccc2n1-c1nc(N2CCOCC2)c2nc(CN3CCN(S(C)(=O)=O)CC3)n(C)c2n1. The van der Waals surface area contributed by atoms with Gasteiger partial charge in [-0.25, -0.2) is 18.4 Å². The van der Waals surface area contributed by atoms with Gasteiger partial charge in [-0.2, -0.15) is 14.3 Å². The topological polar surface area (TPSA) is 115 Å². The van der Waals surface area contributed by atoms with Crippen molar-refractivity contribution >= 4 is 38.0 Å². The molecule has 1 aromatic carbocycles. The number of rotatable bonds is 6. The Kier molecular flexibility index (Phi) is 6.54. The number of sulfonamides is 1. The molecule has 12 nitrogen and oxygen atoms in total. The molecule has 6 rings (SSSR count). The standard InChI is InChI=1S/C25H33N9O3S/c1-4-20-26-18-7-5-6-8-19(18)34(20)25-28-23-22(24(29-25)32-13-15-37-16-14-32)27-21(30(23)2)17-31-9-11-33(12-10-31)38(3,35)36/h5-8H,4,9-17H2,1-3H3. The Bertz CT molecular complexity index is 1580. The Balaban J connectivity index is 1.43. The molecule has 202 valence electrons. The van der Waals surface area contributed by atoms with Crippen LogP contribution in [0.25, 0.3) is 28.1 Å². The predicted octanol–water partition coefficient (Wildman–Crippen LogP) is 1.18. The molecule has 0 unspecified atom stereocenters. The van der Waals surface area contributed by atoms with E-state index in [1.165, 1.54) is 10.6 Å². The van der Waals surface area contributed by atoms with Crippen molar-refractivity contribution in [3.63, 3.8) is 0 Å². The molecule has 13 heteroatoms. The first kappa shape index (κ1) is 25.2. The van der Waals surface area contributed by atoms with Crippen LogP contribution in [0.15, 0.2) is 24.3 Å². The van der Waals surface area contributed by atoms with E-state index < -0.39 is 10.0 Å². The van der Waals surface area contributed by atoms with Crippen molar-refractivity contribution in [1.82, 2.24) is 38.3 Å². The molecule has 3 aromatic heterocycles. The zero-order valence-electron chi connectivity index (χ0n) is 22.0. The molecule has 38 heavy (non-hydrogen) atoms. The highest BCUT2D eigenvalue weighted by molar-refractivity contribution is 7.88. The Morgan fingerprint density at radius 2 is 1.66 bits per heavy atom. The molecule has 0 spiro atoms. The number of nitrogens with zero attached hydrogens (tertiary/aromatic N) is 9. The fourth-order valence-electron chi connectivity index (χ4n) is 5.27. The second-order valence-corrected chi connectivity index (χ2v) is 11.8. The van der Waals surface area contributed by atoms with E-state index in [1.54, 1.807) is 0 Å². The zero-order valence-corrected chi connectivity index (χ0v) is 22.9. The van der Waals surface area contributed by atoms with Gasteiger partial charge in [0.15, 0.2) is 17.0 Å². The van der Waals surface area contributed by atoms with Gasteiger partial charge in [0, 0.05) is 52.7 Å². The number of piperazine rings is 1. The Labute approximate surface area is 221 Å². The van der Waals surface area contributed by atoms with E-state index in [0.717, 1.165) is 59.2 Å². The Morgan fingerprint density at radius 3 is 2.37 bits per heavy atom. The van der Waals surface area contributed by atoms with Gasteiger partial charge in [-0.3, -0.25) is 9.47 Å². The second kappa shape index (κ2) is 9.88. The number of hydrogen-bond donors (Lipinski definition) is 0. The summed E-state index contributed by atoms with van der Waals surface area (Å²) >= 11 is 0. The molecule has 2 saturated heterocycles. The number of ether oxygens (including phenoxy) is 1. The molecular formula is C25H33N9O3S. The van der Waals surface area contributed by atoms with Gasteiger partial charge in [-0.15, -0.1) is 0 Å². The van der Waals surface area contributed by atoms with E-state index >= 15 is 0 Å². The number of para-hydroxylation sites is 2. The minimum Gasteiger partial charge on any atom is -0.378 e. The molecule has 0 saturated carbocycles. The van der Waals surface area contributed by atoms with Gasteiger partial charge in [-0.05, 0) is 12.1 Å². The van der Waals surface area contributed by atoms with Gasteiger partial charge < -0.3 is 14.2 Å². The maximum absolute atomic E-state index is 11.9. The Hall–Kier alpha value is -3.13. The van der Waals surface area contributed by atoms with Crippen LogP contribution in [-0.4, -0.2) is 105 Å². The smallest absolute Gasteiger partial charge is 0.239 e. The first-order valence-corrected chi connectivity index (χ1v) is 14.9. The van der Waals surface area contributed by atoms with E-state index in [-0.39, 0.29) is 0 Å². The lowest BCUT2D eigenvalue weighted by molar-refractivity contribution is 0.122. The lowest BCUT2D eigenvalue weighted by Crippen LogP contribution is -2.48. The van der Waals surface area contributed by atoms with Crippen molar-refractivity contribution in [1.29, 1.82) is 0 Å². The number of fused-ring (bicyclic) bond motifs is 2. The van der Waals surface area contributed by atoms with Crippen LogP contribution >= 0.6 is 0 Å². The van der Waals surface area contributed by atoms with E-state index in [9.17, 15) is 8.42 Å². The van der Waals surface area contributed by atoms with E-state index in [2.05, 4.69) is 21.3 Å². The number of benzene rings is 1. The number of hydrogen-bond acceptors (Lipinski definition) is 9. The van der Waals surface area contributed by atoms with Crippen LogP contribution in [0.2, 0.25) is 0 Å². The van der Waals surface area contributed by atoms with Crippen LogP contribution < -0.4 is 4.90 Å². The normalized spacial score (nSPS) is 18.1. The molecule has 2 aliphatic heterocycles. The first-order valence-electron chi connectivity index (χ1n) is 13.0. The molecule has 0 aliphatic carbocycles. The summed E-state index contributed by atoms with van der Waals surface area (Å²) < 4.78 is 35.1. The van der Waals surface area contributed by atoms with E-state index in [4.69, 9.17) is 24.7 Å². The zero-order chi connectivity index (χ0) is 26.4. The molecule has 5 heterocycles. The van der Waals surface area contributed by atoms with Crippen LogP contribution in [0.3, 0.4) is 0 Å². The third-order valence-corrected chi connectivity index (χ3v) is 8.71. The minimum atomic E-state index is -3.17. The minimum absolute atomic E-state index is 0.485. The largest absolute Gasteiger partial charge is 0.378 e. The monoisotopic (exact) mass is 539 g/mol. The van der Waals surface area contributed by atoms with E-state index in [0.29, 0.717) is 51.9 Å². The molecule has 2 aliphatic rings. The molecular weight excluding hydrogens is 506 g/mol. The van der Waals surface area contributed by atoms with Crippen LogP contribution in [0, 0.1) is 0 Å². The number of anilines is 1. The van der Waals surface area contributed by atoms with Crippen molar-refractivity contribution < 1.29 is 13.2 Å². The maximum atomic E-state index is 11.9. The summed E-state index contributed by atoms with van der Waals surface area (Å²) in [7, 11) is -1.18. The maximum Gasteiger partial charge on any atom is 0.239 e. The number of morpholine rings is 1. The van der Waals surface area contributed by atoms with Crippen LogP contribution in [0.4, 0.5) is 5.82 Å². The van der Waals surface area contributed by atoms with Crippen LogP contribution in [-0.2, 0) is 34.8 Å². The lowest BCUT2D eigenvalue weighted by Gasteiger charge is -2.32. The highest BCUT2D eigenvalue weighted by atomic mass is 32.2. The van der Waals surface area contributed by atoms with Crippen LogP contribution in [0.5, 0.6) is 0 Å². The van der Waals surface area contributed by atoms with Gasteiger partial charge in [0.25, 0.3) is 0 Å². The lowest BCUT2D eigenvalue weighted by atomic mass is 10.3. The summed E-state index contributed by atoms with van der Waals surface area (Å²) in [5.41, 5.74) is 3.43. The molecule has 0 atom stereocenters. The van der Waals surface area contributed by atoms with Gasteiger partial charge in [0.05, 0.1) is 37.0 Å². The molecule has 0 bridgehead atoms.